The molecule has 1 amide bonds. The smallest absolute Gasteiger partial charge is 0.228 e. The second-order valence-electron chi connectivity index (χ2n) is 7.17. The Morgan fingerprint density at radius 2 is 2.15 bits per heavy atom. The standard InChI is InChI=1S/C18H24N6O2/c1-23(2)17-20-10-13-3-8-26-18(16(13)22-17)4-6-24(7-5-18)15(25)9-14-11-19-12-21-14/h10-12H,3-9H2,1-2H3,(H,19,21). The van der Waals surface area contributed by atoms with E-state index in [2.05, 4.69) is 15.0 Å². The predicted molar refractivity (Wildman–Crippen MR) is 95.8 cm³/mol. The molecule has 1 saturated heterocycles. The lowest BCUT2D eigenvalue weighted by Crippen LogP contribution is -2.49. The van der Waals surface area contributed by atoms with Gasteiger partial charge in [0.2, 0.25) is 11.9 Å². The molecule has 1 fully saturated rings. The van der Waals surface area contributed by atoms with Gasteiger partial charge in [-0.3, -0.25) is 4.79 Å². The van der Waals surface area contributed by atoms with Gasteiger partial charge in [0.15, 0.2) is 0 Å². The summed E-state index contributed by atoms with van der Waals surface area (Å²) in [6, 6.07) is 0. The number of ether oxygens (including phenoxy) is 1. The van der Waals surface area contributed by atoms with Crippen LogP contribution >= 0.6 is 0 Å². The minimum Gasteiger partial charge on any atom is -0.368 e. The highest BCUT2D eigenvalue weighted by atomic mass is 16.5. The van der Waals surface area contributed by atoms with Crippen LogP contribution in [-0.2, 0) is 28.0 Å². The maximum Gasteiger partial charge on any atom is 0.228 e. The van der Waals surface area contributed by atoms with Gasteiger partial charge in [-0.05, 0) is 24.8 Å². The van der Waals surface area contributed by atoms with Crippen LogP contribution in [-0.4, -0.2) is 64.5 Å². The third kappa shape index (κ3) is 3.05. The van der Waals surface area contributed by atoms with Crippen LogP contribution in [0, 0.1) is 0 Å². The van der Waals surface area contributed by atoms with Crippen LogP contribution in [0.25, 0.3) is 0 Å². The SMILES string of the molecule is CN(C)c1ncc2c(n1)C1(CCN(C(=O)Cc3cnc[nH]3)CC1)OCC2. The number of nitrogens with one attached hydrogen (secondary N) is 1. The molecule has 2 aliphatic heterocycles. The van der Waals surface area contributed by atoms with Crippen LogP contribution < -0.4 is 4.90 Å². The van der Waals surface area contributed by atoms with E-state index in [1.807, 2.05) is 30.1 Å². The number of likely N-dealkylation sites (tertiary alicyclic amines) is 1. The second kappa shape index (κ2) is 6.68. The van der Waals surface area contributed by atoms with Crippen molar-refractivity contribution >= 4 is 11.9 Å². The van der Waals surface area contributed by atoms with Gasteiger partial charge in [0.05, 0.1) is 25.0 Å². The lowest BCUT2D eigenvalue weighted by Gasteiger charge is -2.44. The van der Waals surface area contributed by atoms with E-state index in [1.54, 1.807) is 12.5 Å². The molecular weight excluding hydrogens is 332 g/mol. The number of piperidine rings is 1. The van der Waals surface area contributed by atoms with Gasteiger partial charge in [-0.15, -0.1) is 0 Å². The minimum atomic E-state index is -0.397. The summed E-state index contributed by atoms with van der Waals surface area (Å²) in [7, 11) is 3.88. The van der Waals surface area contributed by atoms with Gasteiger partial charge in [0.1, 0.15) is 5.60 Å². The molecule has 0 aliphatic carbocycles. The van der Waals surface area contributed by atoms with Crippen LogP contribution in [0.2, 0.25) is 0 Å². The fourth-order valence-corrected chi connectivity index (χ4v) is 3.77. The zero-order valence-electron chi connectivity index (χ0n) is 15.2. The Bertz CT molecular complexity index is 781. The topological polar surface area (TPSA) is 87.2 Å². The molecule has 8 nitrogen and oxygen atoms in total. The van der Waals surface area contributed by atoms with Crippen LogP contribution in [0.5, 0.6) is 0 Å². The molecule has 2 aromatic heterocycles. The summed E-state index contributed by atoms with van der Waals surface area (Å²) in [5, 5.41) is 0. The third-order valence-electron chi connectivity index (χ3n) is 5.25. The van der Waals surface area contributed by atoms with Crippen LogP contribution in [0.1, 0.15) is 29.8 Å². The first-order valence-electron chi connectivity index (χ1n) is 9.00. The molecule has 4 heterocycles. The number of hydrogen-bond donors (Lipinski definition) is 1. The van der Waals surface area contributed by atoms with E-state index < -0.39 is 5.60 Å². The zero-order chi connectivity index (χ0) is 18.1. The molecule has 138 valence electrons. The molecule has 0 unspecified atom stereocenters. The van der Waals surface area contributed by atoms with Gasteiger partial charge in [-0.2, -0.15) is 0 Å². The van der Waals surface area contributed by atoms with E-state index in [0.717, 1.165) is 30.7 Å². The summed E-state index contributed by atoms with van der Waals surface area (Å²) in [6.45, 7) is 2.03. The van der Waals surface area contributed by atoms with E-state index in [1.165, 1.54) is 5.56 Å². The van der Waals surface area contributed by atoms with E-state index in [4.69, 9.17) is 9.72 Å². The van der Waals surface area contributed by atoms with E-state index in [-0.39, 0.29) is 5.91 Å². The summed E-state index contributed by atoms with van der Waals surface area (Å²) in [5.74, 6) is 0.822. The number of fused-ring (bicyclic) bond motifs is 2. The molecule has 0 radical (unpaired) electrons. The molecule has 0 atom stereocenters. The number of aromatic amines is 1. The summed E-state index contributed by atoms with van der Waals surface area (Å²) in [5.41, 5.74) is 2.62. The number of rotatable bonds is 3. The van der Waals surface area contributed by atoms with Crippen molar-refractivity contribution in [3.63, 3.8) is 0 Å². The van der Waals surface area contributed by atoms with Crippen molar-refractivity contribution in [3.05, 3.63) is 35.7 Å². The summed E-state index contributed by atoms with van der Waals surface area (Å²) < 4.78 is 6.24. The molecule has 8 heteroatoms. The molecule has 0 bridgehead atoms. The normalized spacial score (nSPS) is 18.6. The van der Waals surface area contributed by atoms with E-state index in [0.29, 0.717) is 32.1 Å². The first-order valence-corrected chi connectivity index (χ1v) is 9.00. The Kier molecular flexibility index (Phi) is 4.36. The van der Waals surface area contributed by atoms with Gasteiger partial charge < -0.3 is 19.5 Å². The molecule has 26 heavy (non-hydrogen) atoms. The first-order chi connectivity index (χ1) is 12.6. The van der Waals surface area contributed by atoms with Gasteiger partial charge in [0.25, 0.3) is 0 Å². The lowest BCUT2D eigenvalue weighted by atomic mass is 9.83. The van der Waals surface area contributed by atoms with Crippen molar-refractivity contribution in [2.75, 3.05) is 38.7 Å². The van der Waals surface area contributed by atoms with Crippen molar-refractivity contribution in [2.45, 2.75) is 31.3 Å². The average molecular weight is 356 g/mol. The number of carbonyl (C=O) groups is 1. The molecule has 1 spiro atoms. The number of carbonyl (C=O) groups excluding carboxylic acids is 1. The molecule has 0 saturated carbocycles. The van der Waals surface area contributed by atoms with Crippen molar-refractivity contribution in [3.8, 4) is 0 Å². The fourth-order valence-electron chi connectivity index (χ4n) is 3.77. The van der Waals surface area contributed by atoms with Crippen LogP contribution in [0.15, 0.2) is 18.7 Å². The predicted octanol–water partition coefficient (Wildman–Crippen LogP) is 0.899. The summed E-state index contributed by atoms with van der Waals surface area (Å²) in [4.78, 5) is 32.5. The number of aromatic nitrogens is 4. The van der Waals surface area contributed by atoms with E-state index >= 15 is 0 Å². The molecule has 0 aromatic carbocycles. The molecular formula is C18H24N6O2. The van der Waals surface area contributed by atoms with Crippen molar-refractivity contribution in [1.29, 1.82) is 0 Å². The summed E-state index contributed by atoms with van der Waals surface area (Å²) in [6.07, 6.45) is 7.95. The molecule has 2 aromatic rings. The van der Waals surface area contributed by atoms with Gasteiger partial charge >= 0.3 is 0 Å². The Hall–Kier alpha value is -2.48. The summed E-state index contributed by atoms with van der Waals surface area (Å²) >= 11 is 0. The monoisotopic (exact) mass is 356 g/mol. The minimum absolute atomic E-state index is 0.122. The number of H-pyrrole nitrogens is 1. The zero-order valence-corrected chi connectivity index (χ0v) is 15.2. The van der Waals surface area contributed by atoms with Crippen LogP contribution in [0.4, 0.5) is 5.95 Å². The number of hydrogen-bond acceptors (Lipinski definition) is 6. The number of nitrogens with zero attached hydrogens (tertiary/aromatic N) is 5. The quantitative estimate of drug-likeness (QED) is 0.879. The van der Waals surface area contributed by atoms with Gasteiger partial charge in [-0.1, -0.05) is 0 Å². The first kappa shape index (κ1) is 17.0. The highest BCUT2D eigenvalue weighted by molar-refractivity contribution is 5.78. The number of anilines is 1. The van der Waals surface area contributed by atoms with Gasteiger partial charge in [-0.25, -0.2) is 15.0 Å². The highest BCUT2D eigenvalue weighted by Crippen LogP contribution is 2.40. The second-order valence-corrected chi connectivity index (χ2v) is 7.17. The van der Waals surface area contributed by atoms with Gasteiger partial charge in [0, 0.05) is 45.3 Å². The maximum atomic E-state index is 12.5. The lowest BCUT2D eigenvalue weighted by molar-refractivity contribution is -0.140. The fraction of sp³-hybridized carbons (Fsp3) is 0.556. The van der Waals surface area contributed by atoms with E-state index in [9.17, 15) is 4.79 Å². The average Bonchev–Trinajstić information content (AvgIpc) is 3.15. The van der Waals surface area contributed by atoms with Crippen molar-refractivity contribution in [1.82, 2.24) is 24.8 Å². The number of amides is 1. The number of imidazole rings is 1. The Labute approximate surface area is 152 Å². The van der Waals surface area contributed by atoms with Crippen molar-refractivity contribution < 1.29 is 9.53 Å². The Balaban J connectivity index is 1.50. The third-order valence-corrected chi connectivity index (χ3v) is 5.25. The largest absolute Gasteiger partial charge is 0.368 e. The molecule has 1 N–H and O–H groups in total. The van der Waals surface area contributed by atoms with Crippen molar-refractivity contribution in [2.24, 2.45) is 0 Å². The highest BCUT2D eigenvalue weighted by Gasteiger charge is 2.43. The molecule has 2 aliphatic rings. The van der Waals surface area contributed by atoms with Crippen LogP contribution in [0.3, 0.4) is 0 Å². The molecule has 4 rings (SSSR count). The Morgan fingerprint density at radius 3 is 2.85 bits per heavy atom. The maximum absolute atomic E-state index is 12.5. The Morgan fingerprint density at radius 1 is 1.35 bits per heavy atom.